The third-order valence-corrected chi connectivity index (χ3v) is 5.45. The largest absolute Gasteiger partial charge is 0.378 e. The van der Waals surface area contributed by atoms with Crippen molar-refractivity contribution < 1.29 is 14.3 Å². The quantitative estimate of drug-likeness (QED) is 0.599. The van der Waals surface area contributed by atoms with Gasteiger partial charge in [-0.1, -0.05) is 18.2 Å². The summed E-state index contributed by atoms with van der Waals surface area (Å²) in [6.07, 6.45) is 3.98. The topological polar surface area (TPSA) is 70.7 Å². The van der Waals surface area contributed by atoms with Crippen LogP contribution < -0.4 is 15.5 Å². The summed E-state index contributed by atoms with van der Waals surface area (Å²) in [4.78, 5) is 26.1. The van der Waals surface area contributed by atoms with Crippen LogP contribution in [-0.4, -0.2) is 50.7 Å². The second-order valence-electron chi connectivity index (χ2n) is 7.77. The van der Waals surface area contributed by atoms with Gasteiger partial charge in [0, 0.05) is 37.3 Å². The lowest BCUT2D eigenvalue weighted by Gasteiger charge is -2.44. The highest BCUT2D eigenvalue weighted by Crippen LogP contribution is 2.49. The van der Waals surface area contributed by atoms with Crippen molar-refractivity contribution in [1.29, 1.82) is 0 Å². The van der Waals surface area contributed by atoms with Crippen LogP contribution in [0.1, 0.15) is 32.6 Å². The lowest BCUT2D eigenvalue weighted by molar-refractivity contribution is -0.140. The number of hydrogen-bond acceptors (Lipinski definition) is 4. The summed E-state index contributed by atoms with van der Waals surface area (Å²) >= 11 is 0. The van der Waals surface area contributed by atoms with E-state index in [2.05, 4.69) is 22.5 Å². The van der Waals surface area contributed by atoms with Gasteiger partial charge in [-0.25, -0.2) is 0 Å². The highest BCUT2D eigenvalue weighted by molar-refractivity contribution is 6.35. The van der Waals surface area contributed by atoms with Gasteiger partial charge in [0.1, 0.15) is 0 Å². The molecule has 0 aromatic heterocycles. The van der Waals surface area contributed by atoms with E-state index in [1.54, 1.807) is 0 Å². The Bertz CT molecular complexity index is 628. The van der Waals surface area contributed by atoms with Crippen LogP contribution >= 0.6 is 0 Å². The number of anilines is 1. The Kier molecular flexibility index (Phi) is 5.81. The van der Waals surface area contributed by atoms with E-state index in [4.69, 9.17) is 4.74 Å². The Balaban J connectivity index is 1.30. The predicted octanol–water partition coefficient (Wildman–Crippen LogP) is 1.70. The number of hydrogen-bond donors (Lipinski definition) is 2. The lowest BCUT2D eigenvalue weighted by Crippen LogP contribution is -2.54. The summed E-state index contributed by atoms with van der Waals surface area (Å²) in [5.74, 6) is -1.06. The van der Waals surface area contributed by atoms with E-state index in [0.29, 0.717) is 12.6 Å². The molecule has 3 rings (SSSR count). The number of nitrogens with zero attached hydrogens (tertiary/aromatic N) is 1. The molecule has 1 aliphatic heterocycles. The molecule has 2 fully saturated rings. The Morgan fingerprint density at radius 2 is 1.92 bits per heavy atom. The molecule has 142 valence electrons. The number of para-hydroxylation sites is 1. The Labute approximate surface area is 155 Å². The van der Waals surface area contributed by atoms with Crippen LogP contribution in [0.25, 0.3) is 0 Å². The molecule has 0 radical (unpaired) electrons. The molecule has 6 nitrogen and oxygen atoms in total. The summed E-state index contributed by atoms with van der Waals surface area (Å²) in [5.41, 5.74) is 1.37. The van der Waals surface area contributed by atoms with Crippen LogP contribution in [0.2, 0.25) is 0 Å². The van der Waals surface area contributed by atoms with Gasteiger partial charge in [0.2, 0.25) is 0 Å². The van der Waals surface area contributed by atoms with Crippen LogP contribution in [0.4, 0.5) is 5.69 Å². The van der Waals surface area contributed by atoms with Crippen molar-refractivity contribution in [2.75, 3.05) is 31.6 Å². The Hall–Kier alpha value is -2.08. The first-order chi connectivity index (χ1) is 12.5. The molecule has 2 amide bonds. The first-order valence-corrected chi connectivity index (χ1v) is 9.44. The van der Waals surface area contributed by atoms with Crippen molar-refractivity contribution in [1.82, 2.24) is 10.6 Å². The molecule has 1 aromatic carbocycles. The first kappa shape index (κ1) is 18.7. The smallest absolute Gasteiger partial charge is 0.309 e. The van der Waals surface area contributed by atoms with Gasteiger partial charge < -0.3 is 20.3 Å². The highest BCUT2D eigenvalue weighted by Gasteiger charge is 2.49. The van der Waals surface area contributed by atoms with Gasteiger partial charge in [0.05, 0.1) is 12.7 Å². The fourth-order valence-corrected chi connectivity index (χ4v) is 4.08. The van der Waals surface area contributed by atoms with E-state index < -0.39 is 11.8 Å². The summed E-state index contributed by atoms with van der Waals surface area (Å²) in [6.45, 7) is 4.17. The van der Waals surface area contributed by atoms with Crippen molar-refractivity contribution in [3.63, 3.8) is 0 Å². The zero-order chi connectivity index (χ0) is 18.6. The van der Waals surface area contributed by atoms with Gasteiger partial charge in [-0.15, -0.1) is 0 Å². The Morgan fingerprint density at radius 3 is 2.58 bits per heavy atom. The van der Waals surface area contributed by atoms with Gasteiger partial charge in [0.25, 0.3) is 0 Å². The van der Waals surface area contributed by atoms with Gasteiger partial charge in [-0.05, 0) is 44.7 Å². The normalized spacial score (nSPS) is 27.0. The molecule has 26 heavy (non-hydrogen) atoms. The van der Waals surface area contributed by atoms with Crippen molar-refractivity contribution in [2.24, 2.45) is 5.41 Å². The summed E-state index contributed by atoms with van der Waals surface area (Å²) in [6, 6.07) is 10.2. The number of nitrogens with one attached hydrogen (secondary N) is 2. The molecule has 2 aliphatic rings. The third kappa shape index (κ3) is 4.55. The van der Waals surface area contributed by atoms with Crippen molar-refractivity contribution in [2.45, 2.75) is 44.8 Å². The maximum atomic E-state index is 12.0. The predicted molar refractivity (Wildman–Crippen MR) is 101 cm³/mol. The van der Waals surface area contributed by atoms with Crippen molar-refractivity contribution >= 4 is 17.5 Å². The minimum atomic E-state index is -0.538. The Morgan fingerprint density at radius 1 is 1.19 bits per heavy atom. The van der Waals surface area contributed by atoms with Gasteiger partial charge in [-0.3, -0.25) is 9.59 Å². The molecular formula is C20H29N3O3. The fraction of sp³-hybridized carbons (Fsp3) is 0.600. The molecule has 1 unspecified atom stereocenters. The van der Waals surface area contributed by atoms with Crippen LogP contribution in [0.5, 0.6) is 0 Å². The van der Waals surface area contributed by atoms with Gasteiger partial charge in [-0.2, -0.15) is 0 Å². The molecular weight excluding hydrogens is 330 g/mol. The van der Waals surface area contributed by atoms with Crippen molar-refractivity contribution in [3.05, 3.63) is 30.3 Å². The fourth-order valence-electron chi connectivity index (χ4n) is 4.08. The molecule has 1 aliphatic carbocycles. The van der Waals surface area contributed by atoms with E-state index in [1.807, 2.05) is 37.4 Å². The van der Waals surface area contributed by atoms with Crippen LogP contribution in [-0.2, 0) is 14.3 Å². The molecule has 1 spiro atoms. The van der Waals surface area contributed by atoms with Crippen molar-refractivity contribution in [3.8, 4) is 0 Å². The third-order valence-electron chi connectivity index (χ3n) is 5.45. The number of carbonyl (C=O) groups excluding carboxylic acids is 2. The van der Waals surface area contributed by atoms with Gasteiger partial charge in [0.15, 0.2) is 0 Å². The monoisotopic (exact) mass is 359 g/mol. The molecule has 1 saturated carbocycles. The summed E-state index contributed by atoms with van der Waals surface area (Å²) in [7, 11) is 2.02. The zero-order valence-electron chi connectivity index (χ0n) is 15.7. The molecule has 1 aromatic rings. The van der Waals surface area contributed by atoms with E-state index in [0.717, 1.165) is 44.5 Å². The molecule has 0 bridgehead atoms. The SMILES string of the molecule is CC1CC2(CO1)CC(NC(=O)C(=O)NCCCN(C)c1ccccc1)C2. The van der Waals surface area contributed by atoms with Crippen LogP contribution in [0, 0.1) is 5.41 Å². The number of rotatable bonds is 6. The van der Waals surface area contributed by atoms with E-state index in [1.165, 1.54) is 0 Å². The molecule has 1 saturated heterocycles. The molecule has 1 heterocycles. The number of carbonyl (C=O) groups is 2. The lowest BCUT2D eigenvalue weighted by atomic mass is 9.64. The molecule has 1 atom stereocenters. The van der Waals surface area contributed by atoms with Crippen LogP contribution in [0.3, 0.4) is 0 Å². The zero-order valence-corrected chi connectivity index (χ0v) is 15.7. The number of ether oxygens (including phenoxy) is 1. The maximum Gasteiger partial charge on any atom is 0.309 e. The van der Waals surface area contributed by atoms with E-state index in [9.17, 15) is 9.59 Å². The minimum Gasteiger partial charge on any atom is -0.378 e. The summed E-state index contributed by atoms with van der Waals surface area (Å²) in [5, 5.41) is 5.55. The maximum absolute atomic E-state index is 12.0. The second-order valence-corrected chi connectivity index (χ2v) is 7.77. The van der Waals surface area contributed by atoms with Gasteiger partial charge >= 0.3 is 11.8 Å². The van der Waals surface area contributed by atoms with Crippen LogP contribution in [0.15, 0.2) is 30.3 Å². The number of amides is 2. The second kappa shape index (κ2) is 8.08. The molecule has 2 N–H and O–H groups in total. The molecule has 6 heteroatoms. The summed E-state index contributed by atoms with van der Waals surface area (Å²) < 4.78 is 5.63. The average Bonchev–Trinajstić information content (AvgIpc) is 3.00. The first-order valence-electron chi connectivity index (χ1n) is 9.44. The van der Waals surface area contributed by atoms with E-state index >= 15 is 0 Å². The average molecular weight is 359 g/mol. The standard InChI is InChI=1S/C20H29N3O3/c1-15-11-20(14-26-15)12-16(13-20)22-19(25)18(24)21-9-6-10-23(2)17-7-4-3-5-8-17/h3-5,7-8,15-16H,6,9-14H2,1-2H3,(H,21,24)(H,22,25). The number of benzene rings is 1. The minimum absolute atomic E-state index is 0.103. The highest BCUT2D eigenvalue weighted by atomic mass is 16.5. The van der Waals surface area contributed by atoms with E-state index in [-0.39, 0.29) is 11.5 Å².